The van der Waals surface area contributed by atoms with Crippen molar-refractivity contribution in [1.29, 1.82) is 5.26 Å². The Morgan fingerprint density at radius 2 is 2.17 bits per heavy atom. The zero-order valence-electron chi connectivity index (χ0n) is 9.74. The van der Waals surface area contributed by atoms with Crippen LogP contribution in [0.3, 0.4) is 0 Å². The third-order valence-corrected chi connectivity index (χ3v) is 2.47. The Morgan fingerprint density at radius 3 is 2.72 bits per heavy atom. The van der Waals surface area contributed by atoms with Crippen molar-refractivity contribution in [2.75, 3.05) is 5.32 Å². The molecule has 1 atom stereocenters. The molecule has 90 valence electrons. The largest absolute Gasteiger partial charge is 0.293 e. The van der Waals surface area contributed by atoms with Gasteiger partial charge in [0.05, 0.1) is 6.07 Å². The summed E-state index contributed by atoms with van der Waals surface area (Å²) in [6.45, 7) is 0. The van der Waals surface area contributed by atoms with Crippen LogP contribution in [0.4, 0.5) is 5.95 Å². The molecule has 0 fully saturated rings. The molecule has 1 amide bonds. The fourth-order valence-electron chi connectivity index (χ4n) is 1.52. The molecule has 0 aliphatic carbocycles. The van der Waals surface area contributed by atoms with E-state index in [9.17, 15) is 4.79 Å². The van der Waals surface area contributed by atoms with Crippen LogP contribution in [0, 0.1) is 11.3 Å². The van der Waals surface area contributed by atoms with Crippen LogP contribution in [-0.2, 0) is 11.8 Å². The van der Waals surface area contributed by atoms with E-state index in [0.717, 1.165) is 0 Å². The Balaban J connectivity index is 2.18. The molecule has 2 rings (SSSR count). The highest BCUT2D eigenvalue weighted by atomic mass is 16.2. The van der Waals surface area contributed by atoms with Gasteiger partial charge < -0.3 is 0 Å². The molecule has 1 aromatic heterocycles. The first-order chi connectivity index (χ1) is 8.72. The summed E-state index contributed by atoms with van der Waals surface area (Å²) in [6.07, 6.45) is 1.33. The van der Waals surface area contributed by atoms with Gasteiger partial charge in [0.1, 0.15) is 6.33 Å². The molecular weight excluding hydrogens is 230 g/mol. The standard InChI is InChI=1S/C12H11N5O/c1-17-12(14-8-15-17)16-11(18)10(7-13)9-5-3-2-4-6-9/h2-6,8,10H,1H3,(H,14,15,16,18). The third-order valence-electron chi connectivity index (χ3n) is 2.47. The Kier molecular flexibility index (Phi) is 3.34. The molecule has 2 aromatic rings. The number of anilines is 1. The van der Waals surface area contributed by atoms with E-state index in [4.69, 9.17) is 5.26 Å². The molecule has 0 saturated heterocycles. The lowest BCUT2D eigenvalue weighted by Gasteiger charge is -2.09. The van der Waals surface area contributed by atoms with E-state index in [1.807, 2.05) is 12.1 Å². The van der Waals surface area contributed by atoms with E-state index in [1.165, 1.54) is 11.0 Å². The molecule has 1 heterocycles. The van der Waals surface area contributed by atoms with Crippen molar-refractivity contribution in [1.82, 2.24) is 14.8 Å². The topological polar surface area (TPSA) is 83.6 Å². The molecule has 6 nitrogen and oxygen atoms in total. The summed E-state index contributed by atoms with van der Waals surface area (Å²) >= 11 is 0. The Hall–Kier alpha value is -2.68. The van der Waals surface area contributed by atoms with Gasteiger partial charge in [0, 0.05) is 7.05 Å². The number of nitrogens with zero attached hydrogens (tertiary/aromatic N) is 4. The molecule has 18 heavy (non-hydrogen) atoms. The Bertz CT molecular complexity index is 584. The number of aryl methyl sites for hydroxylation is 1. The van der Waals surface area contributed by atoms with Crippen molar-refractivity contribution in [2.24, 2.45) is 7.05 Å². The van der Waals surface area contributed by atoms with Crippen LogP contribution >= 0.6 is 0 Å². The number of carbonyl (C=O) groups excluding carboxylic acids is 1. The van der Waals surface area contributed by atoms with Crippen LogP contribution in [0.25, 0.3) is 0 Å². The molecule has 6 heteroatoms. The minimum Gasteiger partial charge on any atom is -0.293 e. The first kappa shape index (κ1) is 11.8. The number of nitrogens with one attached hydrogen (secondary N) is 1. The molecule has 0 bridgehead atoms. The van der Waals surface area contributed by atoms with E-state index < -0.39 is 11.8 Å². The van der Waals surface area contributed by atoms with Crippen LogP contribution in [-0.4, -0.2) is 20.7 Å². The molecule has 1 N–H and O–H groups in total. The second kappa shape index (κ2) is 5.10. The minimum atomic E-state index is -0.858. The first-order valence-electron chi connectivity index (χ1n) is 5.32. The highest BCUT2D eigenvalue weighted by molar-refractivity contribution is 5.96. The van der Waals surface area contributed by atoms with Crippen LogP contribution in [0.5, 0.6) is 0 Å². The second-order valence-corrected chi connectivity index (χ2v) is 3.67. The van der Waals surface area contributed by atoms with Gasteiger partial charge in [-0.3, -0.25) is 10.1 Å². The van der Waals surface area contributed by atoms with E-state index in [-0.39, 0.29) is 0 Å². The zero-order valence-corrected chi connectivity index (χ0v) is 9.74. The monoisotopic (exact) mass is 241 g/mol. The average Bonchev–Trinajstić information content (AvgIpc) is 2.77. The highest BCUT2D eigenvalue weighted by Gasteiger charge is 2.21. The number of amides is 1. The van der Waals surface area contributed by atoms with Gasteiger partial charge in [-0.05, 0) is 5.56 Å². The summed E-state index contributed by atoms with van der Waals surface area (Å²) in [6, 6.07) is 10.9. The summed E-state index contributed by atoms with van der Waals surface area (Å²) < 4.78 is 1.43. The van der Waals surface area contributed by atoms with Gasteiger partial charge in [0.15, 0.2) is 5.92 Å². The SMILES string of the molecule is Cn1ncnc1NC(=O)C(C#N)c1ccccc1. The number of carbonyl (C=O) groups is 1. The van der Waals surface area contributed by atoms with Gasteiger partial charge >= 0.3 is 0 Å². The molecule has 1 unspecified atom stereocenters. The first-order valence-corrected chi connectivity index (χ1v) is 5.32. The lowest BCUT2D eigenvalue weighted by atomic mass is 10.0. The molecular formula is C12H11N5O. The van der Waals surface area contributed by atoms with Gasteiger partial charge in [-0.2, -0.15) is 15.3 Å². The van der Waals surface area contributed by atoms with E-state index >= 15 is 0 Å². The number of hydrogen-bond donors (Lipinski definition) is 1. The van der Waals surface area contributed by atoms with Gasteiger partial charge in [-0.15, -0.1) is 0 Å². The zero-order chi connectivity index (χ0) is 13.0. The third kappa shape index (κ3) is 2.35. The molecule has 0 aliphatic heterocycles. The van der Waals surface area contributed by atoms with E-state index in [2.05, 4.69) is 15.4 Å². The average molecular weight is 241 g/mol. The quantitative estimate of drug-likeness (QED) is 0.870. The van der Waals surface area contributed by atoms with Crippen molar-refractivity contribution in [3.8, 4) is 6.07 Å². The van der Waals surface area contributed by atoms with Crippen LogP contribution in [0.15, 0.2) is 36.7 Å². The maximum absolute atomic E-state index is 12.0. The fraction of sp³-hybridized carbons (Fsp3) is 0.167. The lowest BCUT2D eigenvalue weighted by Crippen LogP contribution is -2.22. The summed E-state index contributed by atoms with van der Waals surface area (Å²) in [5.74, 6) is -0.959. The van der Waals surface area contributed by atoms with Gasteiger partial charge in [-0.25, -0.2) is 4.68 Å². The lowest BCUT2D eigenvalue weighted by molar-refractivity contribution is -0.116. The number of hydrogen-bond acceptors (Lipinski definition) is 4. The fourth-order valence-corrected chi connectivity index (χ4v) is 1.52. The Labute approximate surface area is 104 Å². The number of aromatic nitrogens is 3. The summed E-state index contributed by atoms with van der Waals surface area (Å²) in [4.78, 5) is 15.9. The number of rotatable bonds is 3. The summed E-state index contributed by atoms with van der Waals surface area (Å²) in [5.41, 5.74) is 0.652. The number of nitriles is 1. The van der Waals surface area contributed by atoms with Crippen molar-refractivity contribution in [3.05, 3.63) is 42.2 Å². The molecule has 0 saturated carbocycles. The van der Waals surface area contributed by atoms with Gasteiger partial charge in [0.25, 0.3) is 0 Å². The normalized spacial score (nSPS) is 11.6. The Morgan fingerprint density at radius 1 is 1.44 bits per heavy atom. The highest BCUT2D eigenvalue weighted by Crippen LogP contribution is 2.16. The molecule has 0 aliphatic rings. The molecule has 0 radical (unpaired) electrons. The van der Waals surface area contributed by atoms with Crippen molar-refractivity contribution >= 4 is 11.9 Å². The van der Waals surface area contributed by atoms with Crippen molar-refractivity contribution in [2.45, 2.75) is 5.92 Å². The van der Waals surface area contributed by atoms with Crippen LogP contribution in [0.2, 0.25) is 0 Å². The maximum Gasteiger partial charge on any atom is 0.248 e. The van der Waals surface area contributed by atoms with Crippen LogP contribution in [0.1, 0.15) is 11.5 Å². The summed E-state index contributed by atoms with van der Waals surface area (Å²) in [7, 11) is 1.66. The van der Waals surface area contributed by atoms with E-state index in [1.54, 1.807) is 31.3 Å². The predicted molar refractivity (Wildman–Crippen MR) is 64.4 cm³/mol. The van der Waals surface area contributed by atoms with Gasteiger partial charge in [0.2, 0.25) is 11.9 Å². The van der Waals surface area contributed by atoms with Crippen LogP contribution < -0.4 is 5.32 Å². The summed E-state index contributed by atoms with van der Waals surface area (Å²) in [5, 5.41) is 15.5. The maximum atomic E-state index is 12.0. The van der Waals surface area contributed by atoms with E-state index in [0.29, 0.717) is 11.5 Å². The molecule has 0 spiro atoms. The molecule has 1 aromatic carbocycles. The van der Waals surface area contributed by atoms with Crippen molar-refractivity contribution in [3.63, 3.8) is 0 Å². The predicted octanol–water partition coefficient (Wildman–Crippen LogP) is 1.06. The van der Waals surface area contributed by atoms with Crippen molar-refractivity contribution < 1.29 is 4.79 Å². The smallest absolute Gasteiger partial charge is 0.248 e. The second-order valence-electron chi connectivity index (χ2n) is 3.67. The minimum absolute atomic E-state index is 0.316. The number of benzene rings is 1. The van der Waals surface area contributed by atoms with Gasteiger partial charge in [-0.1, -0.05) is 30.3 Å².